The molecule has 0 spiro atoms. The lowest BCUT2D eigenvalue weighted by Crippen LogP contribution is -2.30. The molecule has 3 aromatic rings. The van der Waals surface area contributed by atoms with Gasteiger partial charge in [0.2, 0.25) is 10.0 Å². The third-order valence-electron chi connectivity index (χ3n) is 3.30. The van der Waals surface area contributed by atoms with Crippen molar-refractivity contribution in [2.75, 3.05) is 13.6 Å². The minimum absolute atomic E-state index is 0.244. The lowest BCUT2D eigenvalue weighted by Gasteiger charge is -2.16. The van der Waals surface area contributed by atoms with Crippen molar-refractivity contribution in [1.82, 2.24) is 24.1 Å². The fourth-order valence-corrected chi connectivity index (χ4v) is 3.42. The van der Waals surface area contributed by atoms with Gasteiger partial charge < -0.3 is 4.98 Å². The molecule has 1 N–H and O–H groups in total. The highest BCUT2D eigenvalue weighted by molar-refractivity contribution is 7.89. The average Bonchev–Trinajstić information content (AvgIpc) is 3.13. The molecule has 0 atom stereocenters. The fraction of sp³-hybridized carbons (Fsp3) is 0.231. The molecule has 0 saturated carbocycles. The average molecular weight is 305 g/mol. The Morgan fingerprint density at radius 1 is 1.33 bits per heavy atom. The Labute approximate surface area is 122 Å². The zero-order valence-electron chi connectivity index (χ0n) is 11.5. The van der Waals surface area contributed by atoms with E-state index in [1.165, 1.54) is 10.5 Å². The number of likely N-dealkylation sites (N-methyl/N-ethyl adjacent to an activating group) is 1. The number of aromatic amines is 1. The third-order valence-corrected chi connectivity index (χ3v) is 5.20. The lowest BCUT2D eigenvalue weighted by molar-refractivity contribution is 0.433. The number of nitrogens with one attached hydrogen (secondary N) is 1. The SMILES string of the molecule is CN(CCn1cccn1)S(=O)(=O)c1c[nH]c2ncccc12. The summed E-state index contributed by atoms with van der Waals surface area (Å²) in [6.07, 6.45) is 6.57. The van der Waals surface area contributed by atoms with Crippen molar-refractivity contribution in [3.05, 3.63) is 43.0 Å². The highest BCUT2D eigenvalue weighted by Crippen LogP contribution is 2.23. The van der Waals surface area contributed by atoms with E-state index in [1.807, 2.05) is 0 Å². The summed E-state index contributed by atoms with van der Waals surface area (Å²) in [6.45, 7) is 0.848. The summed E-state index contributed by atoms with van der Waals surface area (Å²) in [5, 5.41) is 4.66. The van der Waals surface area contributed by atoms with Gasteiger partial charge in [-0.3, -0.25) is 4.68 Å². The van der Waals surface area contributed by atoms with Crippen molar-refractivity contribution in [1.29, 1.82) is 0 Å². The zero-order chi connectivity index (χ0) is 14.9. The van der Waals surface area contributed by atoms with Crippen LogP contribution in [0.15, 0.2) is 47.9 Å². The summed E-state index contributed by atoms with van der Waals surface area (Å²) in [4.78, 5) is 7.24. The van der Waals surface area contributed by atoms with Gasteiger partial charge in [0.05, 0.1) is 6.54 Å². The summed E-state index contributed by atoms with van der Waals surface area (Å²) in [5.74, 6) is 0. The molecular weight excluding hydrogens is 290 g/mol. The van der Waals surface area contributed by atoms with Gasteiger partial charge in [-0.05, 0) is 18.2 Å². The van der Waals surface area contributed by atoms with Gasteiger partial charge in [0.1, 0.15) is 10.5 Å². The Hall–Kier alpha value is -2.19. The van der Waals surface area contributed by atoms with Crippen LogP contribution in [0.1, 0.15) is 0 Å². The van der Waals surface area contributed by atoms with Gasteiger partial charge in [-0.1, -0.05) is 0 Å². The molecule has 0 aliphatic rings. The summed E-state index contributed by atoms with van der Waals surface area (Å²) >= 11 is 0. The summed E-state index contributed by atoms with van der Waals surface area (Å²) in [6, 6.07) is 5.27. The Bertz CT molecular complexity index is 838. The van der Waals surface area contributed by atoms with Crippen LogP contribution in [0.2, 0.25) is 0 Å². The maximum Gasteiger partial charge on any atom is 0.245 e. The van der Waals surface area contributed by atoms with Gasteiger partial charge in [-0.2, -0.15) is 9.40 Å². The number of sulfonamides is 1. The Kier molecular flexibility index (Phi) is 3.48. The molecule has 0 radical (unpaired) electrons. The van der Waals surface area contributed by atoms with Gasteiger partial charge in [-0.15, -0.1) is 0 Å². The second-order valence-corrected chi connectivity index (χ2v) is 6.66. The summed E-state index contributed by atoms with van der Waals surface area (Å²) < 4.78 is 28.3. The van der Waals surface area contributed by atoms with E-state index in [-0.39, 0.29) is 4.90 Å². The molecule has 0 aliphatic heterocycles. The van der Waals surface area contributed by atoms with Gasteiger partial charge in [0, 0.05) is 43.8 Å². The van der Waals surface area contributed by atoms with Crippen LogP contribution in [-0.4, -0.2) is 46.1 Å². The fourth-order valence-electron chi connectivity index (χ4n) is 2.11. The Morgan fingerprint density at radius 3 is 2.95 bits per heavy atom. The number of pyridine rings is 1. The van der Waals surface area contributed by atoms with Crippen LogP contribution >= 0.6 is 0 Å². The van der Waals surface area contributed by atoms with Gasteiger partial charge in [-0.25, -0.2) is 13.4 Å². The first-order valence-electron chi connectivity index (χ1n) is 6.45. The molecule has 0 aromatic carbocycles. The van der Waals surface area contributed by atoms with Crippen molar-refractivity contribution in [3.8, 4) is 0 Å². The van der Waals surface area contributed by atoms with Gasteiger partial charge >= 0.3 is 0 Å². The predicted octanol–water partition coefficient (Wildman–Crippen LogP) is 1.08. The smallest absolute Gasteiger partial charge is 0.245 e. The molecule has 3 heterocycles. The molecule has 110 valence electrons. The van der Waals surface area contributed by atoms with Crippen molar-refractivity contribution >= 4 is 21.1 Å². The molecule has 0 fully saturated rings. The highest BCUT2D eigenvalue weighted by Gasteiger charge is 2.24. The molecule has 3 rings (SSSR count). The van der Waals surface area contributed by atoms with Crippen molar-refractivity contribution in [2.45, 2.75) is 11.4 Å². The standard InChI is InChI=1S/C13H15N5O2S/c1-17(8-9-18-7-3-6-16-18)21(19,20)12-10-15-13-11(12)4-2-5-14-13/h2-7,10H,8-9H2,1H3,(H,14,15). The van der Waals surface area contributed by atoms with Crippen LogP contribution in [0.5, 0.6) is 0 Å². The molecule has 0 bridgehead atoms. The van der Waals surface area contributed by atoms with Crippen LogP contribution in [0.25, 0.3) is 11.0 Å². The Balaban J connectivity index is 1.85. The van der Waals surface area contributed by atoms with Gasteiger partial charge in [0.15, 0.2) is 0 Å². The molecule has 8 heteroatoms. The first-order valence-corrected chi connectivity index (χ1v) is 7.89. The quantitative estimate of drug-likeness (QED) is 0.764. The molecule has 7 nitrogen and oxygen atoms in total. The number of H-pyrrole nitrogens is 1. The van der Waals surface area contributed by atoms with E-state index < -0.39 is 10.0 Å². The largest absolute Gasteiger partial charge is 0.345 e. The van der Waals surface area contributed by atoms with Crippen LogP contribution in [0.3, 0.4) is 0 Å². The maximum atomic E-state index is 12.6. The number of rotatable bonds is 5. The van der Waals surface area contributed by atoms with Crippen molar-refractivity contribution in [3.63, 3.8) is 0 Å². The number of hydrogen-bond donors (Lipinski definition) is 1. The predicted molar refractivity (Wildman–Crippen MR) is 78.1 cm³/mol. The molecule has 0 amide bonds. The molecule has 0 aliphatic carbocycles. The minimum Gasteiger partial charge on any atom is -0.345 e. The molecular formula is C13H15N5O2S. The number of fused-ring (bicyclic) bond motifs is 1. The third kappa shape index (κ3) is 2.55. The second-order valence-electron chi connectivity index (χ2n) is 4.65. The van der Waals surface area contributed by atoms with E-state index in [9.17, 15) is 8.42 Å². The normalized spacial score (nSPS) is 12.3. The highest BCUT2D eigenvalue weighted by atomic mass is 32.2. The molecule has 21 heavy (non-hydrogen) atoms. The monoisotopic (exact) mass is 305 g/mol. The van der Waals surface area contributed by atoms with E-state index in [1.54, 1.807) is 48.5 Å². The number of aromatic nitrogens is 4. The Morgan fingerprint density at radius 2 is 2.19 bits per heavy atom. The summed E-state index contributed by atoms with van der Waals surface area (Å²) in [7, 11) is -1.99. The van der Waals surface area contributed by atoms with E-state index in [0.29, 0.717) is 24.1 Å². The number of hydrogen-bond acceptors (Lipinski definition) is 4. The van der Waals surface area contributed by atoms with Crippen LogP contribution in [0.4, 0.5) is 0 Å². The van der Waals surface area contributed by atoms with E-state index in [4.69, 9.17) is 0 Å². The van der Waals surface area contributed by atoms with E-state index >= 15 is 0 Å². The van der Waals surface area contributed by atoms with Crippen LogP contribution in [0, 0.1) is 0 Å². The summed E-state index contributed by atoms with van der Waals surface area (Å²) in [5.41, 5.74) is 0.566. The molecule has 3 aromatic heterocycles. The first-order chi connectivity index (χ1) is 10.1. The van der Waals surface area contributed by atoms with E-state index in [0.717, 1.165) is 0 Å². The van der Waals surface area contributed by atoms with Crippen molar-refractivity contribution in [2.24, 2.45) is 0 Å². The van der Waals surface area contributed by atoms with Gasteiger partial charge in [0.25, 0.3) is 0 Å². The maximum absolute atomic E-state index is 12.6. The second kappa shape index (κ2) is 5.30. The molecule has 0 unspecified atom stereocenters. The van der Waals surface area contributed by atoms with Crippen LogP contribution in [-0.2, 0) is 16.6 Å². The lowest BCUT2D eigenvalue weighted by atomic mass is 10.3. The number of nitrogens with zero attached hydrogens (tertiary/aromatic N) is 4. The van der Waals surface area contributed by atoms with E-state index in [2.05, 4.69) is 15.1 Å². The minimum atomic E-state index is -3.55. The molecule has 0 saturated heterocycles. The zero-order valence-corrected chi connectivity index (χ0v) is 12.3. The first kappa shape index (κ1) is 13.8. The topological polar surface area (TPSA) is 83.9 Å². The van der Waals surface area contributed by atoms with Crippen LogP contribution < -0.4 is 0 Å². The van der Waals surface area contributed by atoms with Crippen molar-refractivity contribution < 1.29 is 8.42 Å².